The zero-order valence-electron chi connectivity index (χ0n) is 11.8. The summed E-state index contributed by atoms with van der Waals surface area (Å²) >= 11 is 1.61. The molecule has 0 radical (unpaired) electrons. The number of fused-ring (bicyclic) bond motifs is 1. The normalized spacial score (nSPS) is 11.4. The topological polar surface area (TPSA) is 58.3 Å². The molecular formula is C13H21N5S. The standard InChI is InChI=1S/C13H21N5S/c1-4-6-18(8-7-17(2)3)11-10-5-9-19-12(10)16-13(14)15-11/h5,9H,4,6-8H2,1-3H3,(H2,14,15,16). The number of nitrogens with zero attached hydrogens (tertiary/aromatic N) is 4. The maximum absolute atomic E-state index is 5.82. The zero-order valence-corrected chi connectivity index (χ0v) is 12.6. The predicted molar refractivity (Wildman–Crippen MR) is 82.9 cm³/mol. The van der Waals surface area contributed by atoms with Gasteiger partial charge in [0.05, 0.1) is 5.39 Å². The van der Waals surface area contributed by atoms with Gasteiger partial charge in [-0.05, 0) is 32.0 Å². The highest BCUT2D eigenvalue weighted by Crippen LogP contribution is 2.28. The second kappa shape index (κ2) is 6.16. The second-order valence-electron chi connectivity index (χ2n) is 4.84. The van der Waals surface area contributed by atoms with Gasteiger partial charge < -0.3 is 15.5 Å². The lowest BCUT2D eigenvalue weighted by Crippen LogP contribution is -2.33. The van der Waals surface area contributed by atoms with Gasteiger partial charge in [0.25, 0.3) is 0 Å². The molecule has 2 aromatic heterocycles. The fourth-order valence-electron chi connectivity index (χ4n) is 2.01. The summed E-state index contributed by atoms with van der Waals surface area (Å²) in [4.78, 5) is 14.2. The van der Waals surface area contributed by atoms with Crippen LogP contribution in [0.25, 0.3) is 10.2 Å². The number of hydrogen-bond donors (Lipinski definition) is 1. The summed E-state index contributed by atoms with van der Waals surface area (Å²) in [7, 11) is 4.16. The van der Waals surface area contributed by atoms with Crippen molar-refractivity contribution >= 4 is 33.3 Å². The number of thiophene rings is 1. The molecular weight excluding hydrogens is 258 g/mol. The predicted octanol–water partition coefficient (Wildman–Crippen LogP) is 2.05. The summed E-state index contributed by atoms with van der Waals surface area (Å²) in [6.07, 6.45) is 1.09. The Balaban J connectivity index is 2.34. The molecule has 104 valence electrons. The van der Waals surface area contributed by atoms with Gasteiger partial charge in [0, 0.05) is 19.6 Å². The molecule has 2 rings (SSSR count). The van der Waals surface area contributed by atoms with Crippen molar-refractivity contribution in [2.45, 2.75) is 13.3 Å². The van der Waals surface area contributed by atoms with Crippen LogP contribution in [0.4, 0.5) is 11.8 Å². The minimum atomic E-state index is 0.357. The van der Waals surface area contributed by atoms with E-state index in [0.29, 0.717) is 5.95 Å². The molecule has 0 aromatic carbocycles. The van der Waals surface area contributed by atoms with Gasteiger partial charge in [-0.25, -0.2) is 4.98 Å². The third kappa shape index (κ3) is 3.33. The smallest absolute Gasteiger partial charge is 0.223 e. The average Bonchev–Trinajstić information content (AvgIpc) is 2.81. The van der Waals surface area contributed by atoms with Crippen LogP contribution in [0.1, 0.15) is 13.3 Å². The number of nitrogen functional groups attached to an aromatic ring is 1. The van der Waals surface area contributed by atoms with Crippen molar-refractivity contribution in [3.05, 3.63) is 11.4 Å². The molecule has 0 saturated carbocycles. The largest absolute Gasteiger partial charge is 0.368 e. The summed E-state index contributed by atoms with van der Waals surface area (Å²) in [5, 5.41) is 3.14. The van der Waals surface area contributed by atoms with Crippen molar-refractivity contribution < 1.29 is 0 Å². The lowest BCUT2D eigenvalue weighted by molar-refractivity contribution is 0.412. The maximum atomic E-state index is 5.82. The molecule has 0 amide bonds. The number of likely N-dealkylation sites (N-methyl/N-ethyl adjacent to an activating group) is 1. The van der Waals surface area contributed by atoms with Gasteiger partial charge in [0.1, 0.15) is 10.6 Å². The molecule has 5 nitrogen and oxygen atoms in total. The van der Waals surface area contributed by atoms with Gasteiger partial charge >= 0.3 is 0 Å². The first kappa shape index (κ1) is 14.0. The quantitative estimate of drug-likeness (QED) is 0.877. The van der Waals surface area contributed by atoms with Crippen molar-refractivity contribution in [1.29, 1.82) is 0 Å². The SMILES string of the molecule is CCCN(CCN(C)C)c1nc(N)nc2sccc12. The monoisotopic (exact) mass is 279 g/mol. The van der Waals surface area contributed by atoms with Crippen LogP contribution in [0.3, 0.4) is 0 Å². The third-order valence-corrected chi connectivity index (χ3v) is 3.74. The van der Waals surface area contributed by atoms with E-state index in [0.717, 1.165) is 42.1 Å². The Bertz CT molecular complexity index is 537. The molecule has 0 aliphatic rings. The second-order valence-corrected chi connectivity index (χ2v) is 5.73. The Kier molecular flexibility index (Phi) is 4.55. The average molecular weight is 279 g/mol. The van der Waals surface area contributed by atoms with Crippen LogP contribution in [-0.4, -0.2) is 48.6 Å². The van der Waals surface area contributed by atoms with Gasteiger partial charge in [-0.2, -0.15) is 4.98 Å². The Labute approximate surface area is 118 Å². The minimum Gasteiger partial charge on any atom is -0.368 e. The molecule has 0 atom stereocenters. The number of nitrogens with two attached hydrogens (primary N) is 1. The van der Waals surface area contributed by atoms with Crippen molar-refractivity contribution in [2.75, 3.05) is 44.4 Å². The van der Waals surface area contributed by atoms with Crippen molar-refractivity contribution in [1.82, 2.24) is 14.9 Å². The first-order valence-electron chi connectivity index (χ1n) is 6.52. The Morgan fingerprint density at radius 3 is 2.68 bits per heavy atom. The van der Waals surface area contributed by atoms with Crippen LogP contribution in [0.15, 0.2) is 11.4 Å². The van der Waals surface area contributed by atoms with Crippen molar-refractivity contribution in [3.63, 3.8) is 0 Å². The summed E-state index contributed by atoms with van der Waals surface area (Å²) < 4.78 is 0. The molecule has 2 heterocycles. The Morgan fingerprint density at radius 1 is 1.21 bits per heavy atom. The summed E-state index contributed by atoms with van der Waals surface area (Å²) in [6, 6.07) is 2.08. The van der Waals surface area contributed by atoms with E-state index in [4.69, 9.17) is 5.73 Å². The van der Waals surface area contributed by atoms with Crippen LogP contribution >= 0.6 is 11.3 Å². The number of hydrogen-bond acceptors (Lipinski definition) is 6. The molecule has 6 heteroatoms. The molecule has 2 aromatic rings. The van der Waals surface area contributed by atoms with Gasteiger partial charge in [-0.1, -0.05) is 6.92 Å². The van der Waals surface area contributed by atoms with E-state index < -0.39 is 0 Å². The van der Waals surface area contributed by atoms with Gasteiger partial charge in [0.2, 0.25) is 5.95 Å². The van der Waals surface area contributed by atoms with Crippen molar-refractivity contribution in [2.24, 2.45) is 0 Å². The van der Waals surface area contributed by atoms with Crippen LogP contribution in [0.5, 0.6) is 0 Å². The Morgan fingerprint density at radius 2 is 2.00 bits per heavy atom. The van der Waals surface area contributed by atoms with Crippen LogP contribution in [-0.2, 0) is 0 Å². The first-order chi connectivity index (χ1) is 9.11. The molecule has 0 spiro atoms. The highest BCUT2D eigenvalue weighted by molar-refractivity contribution is 7.16. The molecule has 0 aliphatic heterocycles. The fourth-order valence-corrected chi connectivity index (χ4v) is 2.78. The van der Waals surface area contributed by atoms with Gasteiger partial charge in [-0.3, -0.25) is 0 Å². The van der Waals surface area contributed by atoms with Gasteiger partial charge in [-0.15, -0.1) is 11.3 Å². The molecule has 0 fully saturated rings. The van der Waals surface area contributed by atoms with Crippen LogP contribution in [0, 0.1) is 0 Å². The molecule has 2 N–H and O–H groups in total. The maximum Gasteiger partial charge on any atom is 0.223 e. The summed E-state index contributed by atoms with van der Waals surface area (Å²) in [5.74, 6) is 1.32. The number of anilines is 2. The highest BCUT2D eigenvalue weighted by Gasteiger charge is 2.14. The van der Waals surface area contributed by atoms with E-state index in [-0.39, 0.29) is 0 Å². The lowest BCUT2D eigenvalue weighted by Gasteiger charge is -2.25. The van der Waals surface area contributed by atoms with Crippen LogP contribution in [0.2, 0.25) is 0 Å². The first-order valence-corrected chi connectivity index (χ1v) is 7.40. The van der Waals surface area contributed by atoms with Crippen molar-refractivity contribution in [3.8, 4) is 0 Å². The van der Waals surface area contributed by atoms with E-state index in [1.807, 2.05) is 5.38 Å². The minimum absolute atomic E-state index is 0.357. The Hall–Kier alpha value is -1.40. The fraction of sp³-hybridized carbons (Fsp3) is 0.538. The molecule has 0 aliphatic carbocycles. The third-order valence-electron chi connectivity index (χ3n) is 2.93. The zero-order chi connectivity index (χ0) is 13.8. The number of aromatic nitrogens is 2. The molecule has 0 bridgehead atoms. The van der Waals surface area contributed by atoms with E-state index >= 15 is 0 Å². The van der Waals surface area contributed by atoms with Crippen LogP contribution < -0.4 is 10.6 Å². The summed E-state index contributed by atoms with van der Waals surface area (Å²) in [6.45, 7) is 5.10. The summed E-state index contributed by atoms with van der Waals surface area (Å²) in [5.41, 5.74) is 5.82. The van der Waals surface area contributed by atoms with E-state index in [1.165, 1.54) is 0 Å². The molecule has 19 heavy (non-hydrogen) atoms. The molecule has 0 unspecified atom stereocenters. The van der Waals surface area contributed by atoms with Gasteiger partial charge in [0.15, 0.2) is 0 Å². The lowest BCUT2D eigenvalue weighted by atomic mass is 10.3. The molecule has 0 saturated heterocycles. The van der Waals surface area contributed by atoms with E-state index in [2.05, 4.69) is 46.9 Å². The number of rotatable bonds is 6. The van der Waals surface area contributed by atoms with E-state index in [9.17, 15) is 0 Å². The van der Waals surface area contributed by atoms with E-state index in [1.54, 1.807) is 11.3 Å². The highest BCUT2D eigenvalue weighted by atomic mass is 32.1.